The van der Waals surface area contributed by atoms with E-state index in [-0.39, 0.29) is 5.69 Å². The first kappa shape index (κ1) is 25.5. The van der Waals surface area contributed by atoms with Gasteiger partial charge in [0.25, 0.3) is 10.0 Å². The summed E-state index contributed by atoms with van der Waals surface area (Å²) in [5, 5.41) is 1.19. The van der Waals surface area contributed by atoms with Crippen LogP contribution in [0.25, 0.3) is 10.1 Å². The Hall–Kier alpha value is -3.15. The quantitative estimate of drug-likeness (QED) is 0.333. The van der Waals surface area contributed by atoms with Crippen molar-refractivity contribution in [2.75, 3.05) is 42.3 Å². The van der Waals surface area contributed by atoms with E-state index in [4.69, 9.17) is 0 Å². The standard InChI is InChI=1S/C26H25F3N4O2S2/c27-26(28,29)22-6-2-4-8-24(22)37(34,35)31-20-11-9-19(10-12-20)13-14-32-15-17-33(18-16-32)25-21-5-1-3-7-23(21)36-30-25/h1-12,31H,13-18H2. The van der Waals surface area contributed by atoms with Gasteiger partial charge in [0.1, 0.15) is 5.82 Å². The molecule has 4 aromatic rings. The van der Waals surface area contributed by atoms with Gasteiger partial charge in [-0.1, -0.05) is 36.4 Å². The smallest absolute Gasteiger partial charge is 0.353 e. The van der Waals surface area contributed by atoms with Gasteiger partial charge in [0, 0.05) is 43.8 Å². The van der Waals surface area contributed by atoms with Crippen LogP contribution in [0.15, 0.2) is 77.7 Å². The first-order chi connectivity index (χ1) is 17.7. The van der Waals surface area contributed by atoms with Gasteiger partial charge in [-0.3, -0.25) is 9.62 Å². The fourth-order valence-electron chi connectivity index (χ4n) is 4.46. The molecular formula is C26H25F3N4O2S2. The molecule has 1 aromatic heterocycles. The first-order valence-corrected chi connectivity index (χ1v) is 14.1. The Labute approximate surface area is 217 Å². The molecule has 5 rings (SSSR count). The predicted octanol–water partition coefficient (Wildman–Crippen LogP) is 5.48. The second kappa shape index (κ2) is 10.3. The molecule has 0 unspecified atom stereocenters. The molecule has 194 valence electrons. The van der Waals surface area contributed by atoms with Crippen LogP contribution in [-0.4, -0.2) is 50.4 Å². The largest absolute Gasteiger partial charge is 0.417 e. The summed E-state index contributed by atoms with van der Waals surface area (Å²) in [4.78, 5) is 3.92. The summed E-state index contributed by atoms with van der Waals surface area (Å²) in [6.07, 6.45) is -3.99. The molecule has 0 amide bonds. The molecule has 37 heavy (non-hydrogen) atoms. The van der Waals surface area contributed by atoms with Gasteiger partial charge in [0.05, 0.1) is 15.2 Å². The van der Waals surface area contributed by atoms with Crippen molar-refractivity contribution < 1.29 is 21.6 Å². The Morgan fingerprint density at radius 1 is 0.892 bits per heavy atom. The summed E-state index contributed by atoms with van der Waals surface area (Å²) >= 11 is 1.52. The number of nitrogens with zero attached hydrogens (tertiary/aromatic N) is 3. The second-order valence-corrected chi connectivity index (χ2v) is 11.3. The van der Waals surface area contributed by atoms with Crippen molar-refractivity contribution in [2.24, 2.45) is 0 Å². The van der Waals surface area contributed by atoms with E-state index < -0.39 is 26.7 Å². The highest BCUT2D eigenvalue weighted by Crippen LogP contribution is 2.34. The Morgan fingerprint density at radius 3 is 2.30 bits per heavy atom. The lowest BCUT2D eigenvalue weighted by molar-refractivity contribution is -0.139. The van der Waals surface area contributed by atoms with E-state index in [0.717, 1.165) is 68.7 Å². The zero-order valence-electron chi connectivity index (χ0n) is 19.8. The van der Waals surface area contributed by atoms with E-state index in [9.17, 15) is 21.6 Å². The zero-order valence-corrected chi connectivity index (χ0v) is 21.4. The molecule has 0 radical (unpaired) electrons. The number of hydrogen-bond acceptors (Lipinski definition) is 6. The van der Waals surface area contributed by atoms with Gasteiger partial charge in [-0.15, -0.1) is 0 Å². The number of benzene rings is 3. The van der Waals surface area contributed by atoms with Crippen LogP contribution in [0.5, 0.6) is 0 Å². The van der Waals surface area contributed by atoms with Crippen LogP contribution in [-0.2, 0) is 22.6 Å². The fraction of sp³-hybridized carbons (Fsp3) is 0.269. The number of aromatic nitrogens is 1. The number of anilines is 2. The van der Waals surface area contributed by atoms with Gasteiger partial charge in [0.2, 0.25) is 0 Å². The lowest BCUT2D eigenvalue weighted by atomic mass is 10.1. The monoisotopic (exact) mass is 546 g/mol. The lowest BCUT2D eigenvalue weighted by Crippen LogP contribution is -2.47. The molecule has 0 bridgehead atoms. The predicted molar refractivity (Wildman–Crippen MR) is 141 cm³/mol. The van der Waals surface area contributed by atoms with Crippen molar-refractivity contribution in [1.82, 2.24) is 9.27 Å². The molecule has 0 aliphatic carbocycles. The summed E-state index contributed by atoms with van der Waals surface area (Å²) in [6.45, 7) is 4.49. The van der Waals surface area contributed by atoms with E-state index in [0.29, 0.717) is 0 Å². The molecule has 1 aliphatic rings. The van der Waals surface area contributed by atoms with Crippen molar-refractivity contribution in [3.05, 3.63) is 83.9 Å². The van der Waals surface area contributed by atoms with E-state index >= 15 is 0 Å². The second-order valence-electron chi connectivity index (χ2n) is 8.88. The molecule has 0 atom stereocenters. The Morgan fingerprint density at radius 2 is 1.57 bits per heavy atom. The number of nitrogens with one attached hydrogen (secondary N) is 1. The summed E-state index contributed by atoms with van der Waals surface area (Å²) in [6, 6.07) is 19.2. The number of halogens is 3. The van der Waals surface area contributed by atoms with Crippen molar-refractivity contribution >= 4 is 43.1 Å². The van der Waals surface area contributed by atoms with Gasteiger partial charge in [0.15, 0.2) is 0 Å². The summed E-state index contributed by atoms with van der Waals surface area (Å²) in [7, 11) is -4.39. The van der Waals surface area contributed by atoms with Gasteiger partial charge in [-0.25, -0.2) is 8.42 Å². The average molecular weight is 547 g/mol. The molecule has 11 heteroatoms. The molecule has 1 N–H and O–H groups in total. The Bertz CT molecular complexity index is 1480. The third-order valence-electron chi connectivity index (χ3n) is 6.44. The highest BCUT2D eigenvalue weighted by Gasteiger charge is 2.36. The summed E-state index contributed by atoms with van der Waals surface area (Å²) in [5.41, 5.74) is 0.0404. The van der Waals surface area contributed by atoms with Crippen molar-refractivity contribution in [2.45, 2.75) is 17.5 Å². The SMILES string of the molecule is O=S(=O)(Nc1ccc(CCN2CCN(c3nsc4ccccc34)CC2)cc1)c1ccccc1C(F)(F)F. The molecule has 0 spiro atoms. The highest BCUT2D eigenvalue weighted by molar-refractivity contribution is 7.92. The fourth-order valence-corrected chi connectivity index (χ4v) is 6.54. The van der Waals surface area contributed by atoms with E-state index in [1.807, 2.05) is 12.1 Å². The van der Waals surface area contributed by atoms with Gasteiger partial charge < -0.3 is 4.90 Å². The van der Waals surface area contributed by atoms with Crippen molar-refractivity contribution in [3.63, 3.8) is 0 Å². The summed E-state index contributed by atoms with van der Waals surface area (Å²) < 4.78 is 73.2. The van der Waals surface area contributed by atoms with E-state index in [2.05, 4.69) is 31.0 Å². The molecule has 1 aliphatic heterocycles. The molecule has 0 saturated carbocycles. The van der Waals surface area contributed by atoms with E-state index in [1.165, 1.54) is 27.7 Å². The number of hydrogen-bond donors (Lipinski definition) is 1. The maximum absolute atomic E-state index is 13.3. The maximum Gasteiger partial charge on any atom is 0.417 e. The van der Waals surface area contributed by atoms with Gasteiger partial charge >= 0.3 is 6.18 Å². The van der Waals surface area contributed by atoms with Crippen LogP contribution >= 0.6 is 11.5 Å². The third-order valence-corrected chi connectivity index (χ3v) is 8.69. The molecule has 2 heterocycles. The number of piperazine rings is 1. The number of fused-ring (bicyclic) bond motifs is 1. The molecular weight excluding hydrogens is 521 g/mol. The van der Waals surface area contributed by atoms with Crippen LogP contribution in [0, 0.1) is 0 Å². The van der Waals surface area contributed by atoms with Crippen molar-refractivity contribution in [1.29, 1.82) is 0 Å². The maximum atomic E-state index is 13.3. The van der Waals surface area contributed by atoms with Crippen LogP contribution in [0.3, 0.4) is 0 Å². The van der Waals surface area contributed by atoms with Crippen molar-refractivity contribution in [3.8, 4) is 0 Å². The van der Waals surface area contributed by atoms with Gasteiger partial charge in [-0.05, 0) is 59.9 Å². The lowest BCUT2D eigenvalue weighted by Gasteiger charge is -2.35. The normalized spacial score (nSPS) is 15.3. The molecule has 3 aromatic carbocycles. The summed E-state index contributed by atoms with van der Waals surface area (Å²) in [5.74, 6) is 1.05. The topological polar surface area (TPSA) is 65.5 Å². The Balaban J connectivity index is 1.15. The Kier molecular flexibility index (Phi) is 7.11. The van der Waals surface area contributed by atoms with Crippen LogP contribution in [0.1, 0.15) is 11.1 Å². The molecule has 1 fully saturated rings. The minimum atomic E-state index is -4.77. The highest BCUT2D eigenvalue weighted by atomic mass is 32.2. The molecule has 6 nitrogen and oxygen atoms in total. The minimum Gasteiger partial charge on any atom is -0.353 e. The average Bonchev–Trinajstić information content (AvgIpc) is 3.32. The van der Waals surface area contributed by atoms with Crippen LogP contribution < -0.4 is 9.62 Å². The number of sulfonamides is 1. The number of rotatable bonds is 7. The third kappa shape index (κ3) is 5.73. The van der Waals surface area contributed by atoms with Crippen LogP contribution in [0.4, 0.5) is 24.7 Å². The zero-order chi connectivity index (χ0) is 26.0. The van der Waals surface area contributed by atoms with E-state index in [1.54, 1.807) is 24.3 Å². The van der Waals surface area contributed by atoms with Gasteiger partial charge in [-0.2, -0.15) is 17.5 Å². The van der Waals surface area contributed by atoms with Crippen LogP contribution in [0.2, 0.25) is 0 Å². The molecule has 1 saturated heterocycles. The first-order valence-electron chi connectivity index (χ1n) is 11.8. The minimum absolute atomic E-state index is 0.213. The number of alkyl halides is 3.